The third-order valence-corrected chi connectivity index (χ3v) is 12.7. The maximum Gasteiger partial charge on any atom is 0.188 e. The minimum absolute atomic E-state index is 0.0592. The van der Waals surface area contributed by atoms with Crippen LogP contribution in [0.25, 0.3) is 0 Å². The van der Waals surface area contributed by atoms with E-state index in [-0.39, 0.29) is 10.5 Å². The highest BCUT2D eigenvalue weighted by Gasteiger charge is 2.53. The van der Waals surface area contributed by atoms with Gasteiger partial charge in [0.25, 0.3) is 0 Å². The van der Waals surface area contributed by atoms with Gasteiger partial charge in [0, 0.05) is 6.61 Å². The molecule has 0 saturated heterocycles. The summed E-state index contributed by atoms with van der Waals surface area (Å²) in [7, 11) is -2.15. The lowest BCUT2D eigenvalue weighted by atomic mass is 9.59. The SMILES string of the molecule is CC(C)[C@H](CC[C@H](C)[C@@]1(C)CC[C@@H](CO)C1(C)C)CC(C)(C)[Si](C)(C)O. The Morgan fingerprint density at radius 3 is 2.00 bits per heavy atom. The number of rotatable bonds is 9. The van der Waals surface area contributed by atoms with Crippen LogP contribution in [0.5, 0.6) is 0 Å². The molecule has 4 atom stereocenters. The van der Waals surface area contributed by atoms with Gasteiger partial charge in [-0.25, -0.2) is 0 Å². The van der Waals surface area contributed by atoms with E-state index >= 15 is 0 Å². The van der Waals surface area contributed by atoms with Crippen molar-refractivity contribution in [1.82, 2.24) is 0 Å². The van der Waals surface area contributed by atoms with Crippen LogP contribution in [-0.2, 0) is 0 Å². The zero-order valence-corrected chi connectivity index (χ0v) is 20.4. The van der Waals surface area contributed by atoms with Crippen LogP contribution in [0, 0.1) is 34.5 Å². The molecule has 0 bridgehead atoms. The van der Waals surface area contributed by atoms with Gasteiger partial charge >= 0.3 is 0 Å². The van der Waals surface area contributed by atoms with Crippen LogP contribution in [0.2, 0.25) is 18.1 Å². The fourth-order valence-corrected chi connectivity index (χ4v) is 5.95. The summed E-state index contributed by atoms with van der Waals surface area (Å²) in [5.74, 6) is 2.44. The van der Waals surface area contributed by atoms with E-state index < -0.39 is 8.32 Å². The molecule has 0 aromatic heterocycles. The largest absolute Gasteiger partial charge is 0.432 e. The number of aliphatic hydroxyl groups excluding tert-OH is 1. The van der Waals surface area contributed by atoms with E-state index in [1.165, 1.54) is 19.3 Å². The van der Waals surface area contributed by atoms with E-state index in [9.17, 15) is 9.90 Å². The van der Waals surface area contributed by atoms with Crippen molar-refractivity contribution in [2.24, 2.45) is 34.5 Å². The van der Waals surface area contributed by atoms with Crippen LogP contribution < -0.4 is 0 Å². The van der Waals surface area contributed by atoms with Gasteiger partial charge in [0.1, 0.15) is 0 Å². The molecule has 0 aliphatic heterocycles. The third-order valence-electron chi connectivity index (χ3n) is 9.15. The van der Waals surface area contributed by atoms with E-state index in [1.54, 1.807) is 0 Å². The quantitative estimate of drug-likeness (QED) is 0.447. The Labute approximate surface area is 165 Å². The maximum atomic E-state index is 10.7. The van der Waals surface area contributed by atoms with Crippen LogP contribution in [0.1, 0.15) is 87.5 Å². The summed E-state index contributed by atoms with van der Waals surface area (Å²) < 4.78 is 0. The Bertz CT molecular complexity index is 450. The van der Waals surface area contributed by atoms with Gasteiger partial charge in [0.05, 0.1) is 0 Å². The average Bonchev–Trinajstić information content (AvgIpc) is 2.72. The van der Waals surface area contributed by atoms with E-state index in [0.717, 1.165) is 12.8 Å². The zero-order chi connectivity index (χ0) is 20.6. The first-order valence-corrected chi connectivity index (χ1v) is 13.9. The molecule has 2 nitrogen and oxygen atoms in total. The topological polar surface area (TPSA) is 40.5 Å². The summed E-state index contributed by atoms with van der Waals surface area (Å²) >= 11 is 0. The highest BCUT2D eigenvalue weighted by Crippen LogP contribution is 2.60. The Hall–Kier alpha value is 0.137. The van der Waals surface area contributed by atoms with Crippen LogP contribution in [0.4, 0.5) is 0 Å². The average molecular weight is 385 g/mol. The Balaban J connectivity index is 2.81. The maximum absolute atomic E-state index is 10.7. The summed E-state index contributed by atoms with van der Waals surface area (Å²) in [6.45, 7) is 23.4. The fraction of sp³-hybridized carbons (Fsp3) is 1.00. The Morgan fingerprint density at radius 1 is 1.08 bits per heavy atom. The van der Waals surface area contributed by atoms with Gasteiger partial charge in [0.15, 0.2) is 8.32 Å². The Kier molecular flexibility index (Phi) is 7.67. The summed E-state index contributed by atoms with van der Waals surface area (Å²) in [5.41, 5.74) is 0.510. The summed E-state index contributed by atoms with van der Waals surface area (Å²) in [6, 6.07) is 0. The lowest BCUT2D eigenvalue weighted by Crippen LogP contribution is -2.41. The molecular formula is C23H48O2Si. The van der Waals surface area contributed by atoms with Gasteiger partial charge in [-0.15, -0.1) is 0 Å². The molecule has 0 radical (unpaired) electrons. The summed E-state index contributed by atoms with van der Waals surface area (Å²) in [4.78, 5) is 10.7. The molecular weight excluding hydrogens is 336 g/mol. The van der Waals surface area contributed by atoms with Crippen molar-refractivity contribution in [3.05, 3.63) is 0 Å². The molecule has 26 heavy (non-hydrogen) atoms. The van der Waals surface area contributed by atoms with E-state index in [4.69, 9.17) is 0 Å². The smallest absolute Gasteiger partial charge is 0.188 e. The standard InChI is InChI=1S/C23H48O2Si/c1-17(2)19(15-21(4,5)26(9,10)25)12-11-18(3)23(8)14-13-20(16-24)22(23,6)7/h17-20,24-25H,11-16H2,1-10H3/t18-,19+,20-,23+/m0/s1. The molecule has 0 aromatic rings. The first-order valence-electron chi connectivity index (χ1n) is 10.9. The highest BCUT2D eigenvalue weighted by molar-refractivity contribution is 6.72. The third kappa shape index (κ3) is 4.75. The number of hydrogen-bond donors (Lipinski definition) is 2. The van der Waals surface area contributed by atoms with E-state index in [2.05, 4.69) is 68.5 Å². The predicted octanol–water partition coefficient (Wildman–Crippen LogP) is 6.48. The first-order chi connectivity index (χ1) is 11.6. The fourth-order valence-electron chi connectivity index (χ4n) is 5.18. The monoisotopic (exact) mass is 384 g/mol. The van der Waals surface area contributed by atoms with Crippen LogP contribution in [0.3, 0.4) is 0 Å². The number of aliphatic hydroxyl groups is 1. The molecule has 2 N–H and O–H groups in total. The normalized spacial score (nSPS) is 29.2. The van der Waals surface area contributed by atoms with Crippen LogP contribution >= 0.6 is 0 Å². The van der Waals surface area contributed by atoms with Crippen LogP contribution in [-0.4, -0.2) is 24.8 Å². The van der Waals surface area contributed by atoms with E-state index in [0.29, 0.717) is 35.7 Å². The van der Waals surface area contributed by atoms with Crippen molar-refractivity contribution in [3.63, 3.8) is 0 Å². The first kappa shape index (κ1) is 24.2. The minimum Gasteiger partial charge on any atom is -0.432 e. The van der Waals surface area contributed by atoms with Crippen molar-refractivity contribution in [2.75, 3.05) is 6.61 Å². The zero-order valence-electron chi connectivity index (χ0n) is 19.4. The second kappa shape index (κ2) is 8.25. The number of hydrogen-bond acceptors (Lipinski definition) is 2. The molecule has 156 valence electrons. The van der Waals surface area contributed by atoms with Gasteiger partial charge in [-0.2, -0.15) is 0 Å². The van der Waals surface area contributed by atoms with Gasteiger partial charge in [-0.05, 0) is 84.7 Å². The van der Waals surface area contributed by atoms with Crippen molar-refractivity contribution >= 4 is 8.32 Å². The molecule has 1 fully saturated rings. The van der Waals surface area contributed by atoms with Gasteiger partial charge in [-0.1, -0.05) is 55.4 Å². The second-order valence-electron chi connectivity index (χ2n) is 11.7. The van der Waals surface area contributed by atoms with Crippen molar-refractivity contribution < 1.29 is 9.90 Å². The van der Waals surface area contributed by atoms with Gasteiger partial charge in [0.2, 0.25) is 0 Å². The second-order valence-corrected chi connectivity index (χ2v) is 16.2. The minimum atomic E-state index is -2.15. The predicted molar refractivity (Wildman–Crippen MR) is 117 cm³/mol. The molecule has 3 heteroatoms. The molecule has 0 heterocycles. The van der Waals surface area contributed by atoms with E-state index in [1.807, 2.05) is 0 Å². The molecule has 1 saturated carbocycles. The molecule has 1 aliphatic rings. The van der Waals surface area contributed by atoms with Crippen molar-refractivity contribution in [3.8, 4) is 0 Å². The van der Waals surface area contributed by atoms with Gasteiger partial charge in [-0.3, -0.25) is 0 Å². The summed E-state index contributed by atoms with van der Waals surface area (Å²) in [5, 5.41) is 9.85. The van der Waals surface area contributed by atoms with Crippen molar-refractivity contribution in [2.45, 2.75) is 106 Å². The molecule has 0 amide bonds. The summed E-state index contributed by atoms with van der Waals surface area (Å²) in [6.07, 6.45) is 6.04. The molecule has 1 rings (SSSR count). The highest BCUT2D eigenvalue weighted by atomic mass is 28.4. The Morgan fingerprint density at radius 2 is 1.62 bits per heavy atom. The lowest BCUT2D eigenvalue weighted by Gasteiger charge is -2.46. The van der Waals surface area contributed by atoms with Crippen molar-refractivity contribution in [1.29, 1.82) is 0 Å². The molecule has 0 unspecified atom stereocenters. The molecule has 0 spiro atoms. The van der Waals surface area contributed by atoms with Crippen LogP contribution in [0.15, 0.2) is 0 Å². The lowest BCUT2D eigenvalue weighted by molar-refractivity contribution is 0.00860. The molecule has 0 aromatic carbocycles. The molecule has 1 aliphatic carbocycles. The van der Waals surface area contributed by atoms with Gasteiger partial charge < -0.3 is 9.90 Å².